The summed E-state index contributed by atoms with van der Waals surface area (Å²) in [6.07, 6.45) is 0.930. The van der Waals surface area contributed by atoms with Crippen LogP contribution in [0, 0.1) is 6.92 Å². The van der Waals surface area contributed by atoms with Crippen LogP contribution in [-0.2, 0) is 4.79 Å². The fourth-order valence-corrected chi connectivity index (χ4v) is 3.12. The van der Waals surface area contributed by atoms with Crippen molar-refractivity contribution in [3.05, 3.63) is 23.9 Å². The number of nitrogens with one attached hydrogen (secondary N) is 1. The fraction of sp³-hybridized carbons (Fsp3) is 0.375. The van der Waals surface area contributed by atoms with E-state index in [1.165, 1.54) is 18.3 Å². The Morgan fingerprint density at radius 2 is 2.18 bits per heavy atom. The van der Waals surface area contributed by atoms with Crippen LogP contribution in [0.2, 0.25) is 0 Å². The molecule has 0 aliphatic heterocycles. The van der Waals surface area contributed by atoms with Gasteiger partial charge in [0.15, 0.2) is 16.6 Å². The van der Waals surface area contributed by atoms with Gasteiger partial charge in [-0.05, 0) is 25.5 Å². The number of para-hydroxylation sites is 1. The van der Waals surface area contributed by atoms with Crippen LogP contribution in [0.5, 0.6) is 11.5 Å². The number of carbonyl (C=O) groups is 1. The van der Waals surface area contributed by atoms with Gasteiger partial charge in [-0.2, -0.15) is 0 Å². The van der Waals surface area contributed by atoms with Crippen LogP contribution < -0.4 is 14.8 Å². The van der Waals surface area contributed by atoms with E-state index >= 15 is 0 Å². The van der Waals surface area contributed by atoms with Gasteiger partial charge in [0.2, 0.25) is 5.91 Å². The first kappa shape index (κ1) is 16.3. The van der Waals surface area contributed by atoms with E-state index in [0.29, 0.717) is 17.5 Å². The molecule has 1 N–H and O–H groups in total. The first-order valence-electron chi connectivity index (χ1n) is 7.12. The number of aromatic nitrogens is 1. The number of thiazole rings is 1. The molecule has 0 bridgehead atoms. The van der Waals surface area contributed by atoms with Crippen molar-refractivity contribution in [3.8, 4) is 21.9 Å². The number of rotatable bonds is 6. The number of amides is 1. The van der Waals surface area contributed by atoms with Crippen molar-refractivity contribution in [1.82, 2.24) is 4.98 Å². The summed E-state index contributed by atoms with van der Waals surface area (Å²) in [5.74, 6) is 1.28. The largest absolute Gasteiger partial charge is 0.492 e. The molecule has 0 saturated heterocycles. The van der Waals surface area contributed by atoms with E-state index in [-0.39, 0.29) is 5.91 Å². The number of anilines is 1. The Morgan fingerprint density at radius 3 is 2.82 bits per heavy atom. The van der Waals surface area contributed by atoms with Gasteiger partial charge in [0, 0.05) is 12.5 Å². The van der Waals surface area contributed by atoms with Crippen molar-refractivity contribution in [1.29, 1.82) is 0 Å². The van der Waals surface area contributed by atoms with E-state index in [0.717, 1.165) is 28.3 Å². The summed E-state index contributed by atoms with van der Waals surface area (Å²) in [4.78, 5) is 16.5. The van der Waals surface area contributed by atoms with E-state index in [1.807, 2.05) is 25.1 Å². The maximum Gasteiger partial charge on any atom is 0.223 e. The van der Waals surface area contributed by atoms with Crippen LogP contribution in [-0.4, -0.2) is 24.6 Å². The van der Waals surface area contributed by atoms with Crippen LogP contribution >= 0.6 is 11.3 Å². The zero-order valence-corrected chi connectivity index (χ0v) is 14.0. The number of hydrogen-bond acceptors (Lipinski definition) is 5. The van der Waals surface area contributed by atoms with E-state index in [9.17, 15) is 4.79 Å². The second-order valence-corrected chi connectivity index (χ2v) is 5.80. The van der Waals surface area contributed by atoms with E-state index in [4.69, 9.17) is 9.47 Å². The molecule has 0 radical (unpaired) electrons. The molecule has 118 valence electrons. The number of benzene rings is 1. The van der Waals surface area contributed by atoms with Crippen LogP contribution in [0.1, 0.15) is 26.0 Å². The number of carbonyl (C=O) groups excluding carboxylic acids is 1. The molecule has 1 heterocycles. The molecule has 0 aliphatic rings. The van der Waals surface area contributed by atoms with Crippen molar-refractivity contribution >= 4 is 22.4 Å². The highest BCUT2D eigenvalue weighted by Crippen LogP contribution is 2.42. The standard InChI is InChI=1S/C16H20N2O3S/c1-5-9-21-13-8-6-7-12(14(13)20-4)15-10(2)17-16(22-15)18-11(3)19/h6-8H,5,9H2,1-4H3,(H,17,18,19). The summed E-state index contributed by atoms with van der Waals surface area (Å²) in [5, 5.41) is 3.30. The Kier molecular flexibility index (Phi) is 5.38. The Hall–Kier alpha value is -2.08. The van der Waals surface area contributed by atoms with Gasteiger partial charge in [0.25, 0.3) is 0 Å². The number of ether oxygens (including phenoxy) is 2. The van der Waals surface area contributed by atoms with Crippen molar-refractivity contribution in [2.75, 3.05) is 19.0 Å². The van der Waals surface area contributed by atoms with Crippen molar-refractivity contribution in [2.24, 2.45) is 0 Å². The lowest BCUT2D eigenvalue weighted by molar-refractivity contribution is -0.114. The average Bonchev–Trinajstić information content (AvgIpc) is 2.84. The van der Waals surface area contributed by atoms with Gasteiger partial charge in [0.05, 0.1) is 24.3 Å². The summed E-state index contributed by atoms with van der Waals surface area (Å²) >= 11 is 1.42. The highest BCUT2D eigenvalue weighted by atomic mass is 32.1. The molecule has 1 aromatic carbocycles. The molecule has 2 rings (SSSR count). The zero-order chi connectivity index (χ0) is 16.1. The minimum atomic E-state index is -0.132. The normalized spacial score (nSPS) is 10.4. The predicted molar refractivity (Wildman–Crippen MR) is 88.9 cm³/mol. The molecule has 2 aromatic rings. The summed E-state index contributed by atoms with van der Waals surface area (Å²) in [7, 11) is 1.63. The molecular weight excluding hydrogens is 300 g/mol. The van der Waals surface area contributed by atoms with Crippen LogP contribution in [0.25, 0.3) is 10.4 Å². The molecule has 1 aromatic heterocycles. The fourth-order valence-electron chi connectivity index (χ4n) is 2.08. The highest BCUT2D eigenvalue weighted by molar-refractivity contribution is 7.19. The van der Waals surface area contributed by atoms with Gasteiger partial charge in [0.1, 0.15) is 0 Å². The smallest absolute Gasteiger partial charge is 0.223 e. The Labute approximate surface area is 134 Å². The third kappa shape index (κ3) is 3.57. The number of nitrogens with zero attached hydrogens (tertiary/aromatic N) is 1. The SMILES string of the molecule is CCCOc1cccc(-c2sc(NC(C)=O)nc2C)c1OC. The van der Waals surface area contributed by atoms with Gasteiger partial charge < -0.3 is 14.8 Å². The summed E-state index contributed by atoms with van der Waals surface area (Å²) in [5.41, 5.74) is 1.77. The Morgan fingerprint density at radius 1 is 1.41 bits per heavy atom. The monoisotopic (exact) mass is 320 g/mol. The number of methoxy groups -OCH3 is 1. The first-order valence-corrected chi connectivity index (χ1v) is 7.93. The molecule has 0 spiro atoms. The van der Waals surface area contributed by atoms with Gasteiger partial charge in [-0.25, -0.2) is 4.98 Å². The summed E-state index contributed by atoms with van der Waals surface area (Å²) in [6.45, 7) is 6.08. The molecule has 1 amide bonds. The lowest BCUT2D eigenvalue weighted by Crippen LogP contribution is -2.04. The third-order valence-corrected chi connectivity index (χ3v) is 4.08. The first-order chi connectivity index (χ1) is 10.6. The predicted octanol–water partition coefficient (Wildman–Crippen LogP) is 3.87. The molecular formula is C16H20N2O3S. The van der Waals surface area contributed by atoms with Crippen molar-refractivity contribution in [3.63, 3.8) is 0 Å². The minimum Gasteiger partial charge on any atom is -0.492 e. The van der Waals surface area contributed by atoms with Crippen LogP contribution in [0.4, 0.5) is 5.13 Å². The molecule has 5 nitrogen and oxygen atoms in total. The van der Waals surface area contributed by atoms with Gasteiger partial charge in [-0.15, -0.1) is 0 Å². The lowest BCUT2D eigenvalue weighted by Gasteiger charge is -2.13. The molecule has 0 unspecified atom stereocenters. The lowest BCUT2D eigenvalue weighted by atomic mass is 10.1. The van der Waals surface area contributed by atoms with Crippen molar-refractivity contribution < 1.29 is 14.3 Å². The van der Waals surface area contributed by atoms with Crippen LogP contribution in [0.15, 0.2) is 18.2 Å². The molecule has 0 fully saturated rings. The molecule has 0 saturated carbocycles. The van der Waals surface area contributed by atoms with Gasteiger partial charge >= 0.3 is 0 Å². The van der Waals surface area contributed by atoms with Gasteiger partial charge in [-0.1, -0.05) is 24.3 Å². The second kappa shape index (κ2) is 7.26. The maximum absolute atomic E-state index is 11.2. The van der Waals surface area contributed by atoms with Crippen molar-refractivity contribution in [2.45, 2.75) is 27.2 Å². The molecule has 0 atom stereocenters. The average molecular weight is 320 g/mol. The highest BCUT2D eigenvalue weighted by Gasteiger charge is 2.17. The second-order valence-electron chi connectivity index (χ2n) is 4.80. The topological polar surface area (TPSA) is 60.5 Å². The quantitative estimate of drug-likeness (QED) is 0.877. The van der Waals surface area contributed by atoms with Crippen LogP contribution in [0.3, 0.4) is 0 Å². The maximum atomic E-state index is 11.2. The van der Waals surface area contributed by atoms with Gasteiger partial charge in [-0.3, -0.25) is 4.79 Å². The summed E-state index contributed by atoms with van der Waals surface area (Å²) < 4.78 is 11.3. The van der Waals surface area contributed by atoms with E-state index in [1.54, 1.807) is 7.11 Å². The molecule has 0 aliphatic carbocycles. The number of aryl methyl sites for hydroxylation is 1. The minimum absolute atomic E-state index is 0.132. The molecule has 22 heavy (non-hydrogen) atoms. The Balaban J connectivity index is 2.43. The van der Waals surface area contributed by atoms with E-state index < -0.39 is 0 Å². The Bertz CT molecular complexity index is 667. The molecule has 6 heteroatoms. The number of hydrogen-bond donors (Lipinski definition) is 1. The van der Waals surface area contributed by atoms with E-state index in [2.05, 4.69) is 17.2 Å². The zero-order valence-electron chi connectivity index (χ0n) is 13.2. The summed E-state index contributed by atoms with van der Waals surface area (Å²) in [6, 6.07) is 5.79. The third-order valence-electron chi connectivity index (χ3n) is 2.97.